The van der Waals surface area contributed by atoms with Gasteiger partial charge in [-0.1, -0.05) is 6.07 Å². The Balaban J connectivity index is 1.38. The van der Waals surface area contributed by atoms with Gasteiger partial charge < -0.3 is 15.4 Å². The summed E-state index contributed by atoms with van der Waals surface area (Å²) >= 11 is 0. The minimum atomic E-state index is -0.462. The Morgan fingerprint density at radius 2 is 1.94 bits per heavy atom. The van der Waals surface area contributed by atoms with Crippen LogP contribution in [0.4, 0.5) is 4.39 Å². The number of aromatic nitrogens is 5. The molecule has 1 fully saturated rings. The molecule has 0 aliphatic heterocycles. The van der Waals surface area contributed by atoms with Gasteiger partial charge in [0.25, 0.3) is 5.91 Å². The van der Waals surface area contributed by atoms with Crippen LogP contribution in [0.15, 0.2) is 30.3 Å². The van der Waals surface area contributed by atoms with Crippen molar-refractivity contribution in [3.05, 3.63) is 53.1 Å². The maximum absolute atomic E-state index is 13.6. The first kappa shape index (κ1) is 25.2. The average molecular weight is 496 g/mol. The van der Waals surface area contributed by atoms with E-state index in [0.29, 0.717) is 35.1 Å². The molecule has 1 aromatic carbocycles. The monoisotopic (exact) mass is 495 g/mol. The Labute approximate surface area is 208 Å². The molecule has 11 heteroatoms. The number of benzene rings is 1. The summed E-state index contributed by atoms with van der Waals surface area (Å²) in [5.74, 6) is 0.139. The van der Waals surface area contributed by atoms with Crippen LogP contribution in [0, 0.1) is 18.7 Å². The third-order valence-corrected chi connectivity index (χ3v) is 6.24. The molecule has 0 atom stereocenters. The van der Waals surface area contributed by atoms with Gasteiger partial charge in [-0.25, -0.2) is 9.37 Å². The third kappa shape index (κ3) is 6.41. The van der Waals surface area contributed by atoms with Crippen LogP contribution in [0.1, 0.15) is 54.4 Å². The summed E-state index contributed by atoms with van der Waals surface area (Å²) in [5.41, 5.74) is 2.22. The van der Waals surface area contributed by atoms with Crippen molar-refractivity contribution in [3.63, 3.8) is 0 Å². The molecule has 1 aliphatic rings. The van der Waals surface area contributed by atoms with Gasteiger partial charge in [-0.3, -0.25) is 9.59 Å². The number of ether oxygens (including phenoxy) is 1. The molecule has 0 bridgehead atoms. The molecule has 10 nitrogen and oxygen atoms in total. The highest BCUT2D eigenvalue weighted by Crippen LogP contribution is 2.26. The number of nitrogens with zero attached hydrogens (tertiary/aromatic N) is 5. The molecule has 36 heavy (non-hydrogen) atoms. The van der Waals surface area contributed by atoms with Crippen molar-refractivity contribution in [2.24, 2.45) is 5.92 Å². The highest BCUT2D eigenvalue weighted by Gasteiger charge is 2.23. The second-order valence-corrected chi connectivity index (χ2v) is 9.12. The highest BCUT2D eigenvalue weighted by molar-refractivity contribution is 5.93. The van der Waals surface area contributed by atoms with E-state index in [0.717, 1.165) is 25.7 Å². The van der Waals surface area contributed by atoms with Gasteiger partial charge in [-0.15, -0.1) is 10.2 Å². The lowest BCUT2D eigenvalue weighted by Gasteiger charge is -2.28. The van der Waals surface area contributed by atoms with Crippen molar-refractivity contribution in [1.29, 1.82) is 0 Å². The molecule has 3 aromatic rings. The van der Waals surface area contributed by atoms with Crippen molar-refractivity contribution in [1.82, 2.24) is 35.8 Å². The van der Waals surface area contributed by atoms with Crippen LogP contribution in [-0.4, -0.2) is 50.2 Å². The summed E-state index contributed by atoms with van der Waals surface area (Å²) in [6.07, 6.45) is 3.86. The number of hydrogen-bond acceptors (Lipinski definition) is 7. The van der Waals surface area contributed by atoms with E-state index >= 15 is 0 Å². The summed E-state index contributed by atoms with van der Waals surface area (Å²) in [6, 6.07) is 8.11. The van der Waals surface area contributed by atoms with Gasteiger partial charge in [0.1, 0.15) is 5.69 Å². The lowest BCUT2D eigenvalue weighted by atomic mass is 9.86. The maximum Gasteiger partial charge on any atom is 0.270 e. The van der Waals surface area contributed by atoms with Gasteiger partial charge in [-0.05, 0) is 73.6 Å². The van der Waals surface area contributed by atoms with Gasteiger partial charge >= 0.3 is 0 Å². The van der Waals surface area contributed by atoms with E-state index in [-0.39, 0.29) is 35.8 Å². The molecule has 2 N–H and O–H groups in total. The minimum absolute atomic E-state index is 0.0115. The molecule has 4 rings (SSSR count). The van der Waals surface area contributed by atoms with Crippen molar-refractivity contribution in [3.8, 4) is 17.1 Å². The van der Waals surface area contributed by atoms with Gasteiger partial charge in [0, 0.05) is 30.8 Å². The van der Waals surface area contributed by atoms with Crippen molar-refractivity contribution >= 4 is 11.8 Å². The number of nitrogens with one attached hydrogen (secondary N) is 2. The zero-order valence-electron chi connectivity index (χ0n) is 20.6. The predicted molar refractivity (Wildman–Crippen MR) is 129 cm³/mol. The van der Waals surface area contributed by atoms with Gasteiger partial charge in [0.15, 0.2) is 11.6 Å². The van der Waals surface area contributed by atoms with E-state index in [1.165, 1.54) is 13.2 Å². The van der Waals surface area contributed by atoms with E-state index in [1.807, 2.05) is 6.07 Å². The number of carbonyl (C=O) groups is 2. The molecule has 2 heterocycles. The smallest absolute Gasteiger partial charge is 0.270 e. The molecule has 190 valence electrons. The van der Waals surface area contributed by atoms with Crippen LogP contribution in [0.5, 0.6) is 5.75 Å². The summed E-state index contributed by atoms with van der Waals surface area (Å²) in [6.45, 7) is 4.19. The average Bonchev–Trinajstić information content (AvgIpc) is 3.32. The summed E-state index contributed by atoms with van der Waals surface area (Å²) in [5, 5.41) is 18.7. The zero-order chi connectivity index (χ0) is 25.7. The standard InChI is InChI=1S/C25H30FN7O3/c1-15-10-19(12-22(28-15)25(35)27-13-18-6-9-21(26)23(11-18)36-3)24-30-32-33(31-24)14-17-4-7-20(8-5-17)29-16(2)34/h6,9-12,17,20H,4-5,7-8,13-14H2,1-3H3,(H,27,35)(H,29,34). The number of tetrazole rings is 1. The van der Waals surface area contributed by atoms with Crippen molar-refractivity contribution < 1.29 is 18.7 Å². The summed E-state index contributed by atoms with van der Waals surface area (Å²) < 4.78 is 18.6. The Hall–Kier alpha value is -3.89. The fraction of sp³-hybridized carbons (Fsp3) is 0.440. The molecular formula is C25H30FN7O3. The molecule has 1 aliphatic carbocycles. The number of halogens is 1. The van der Waals surface area contributed by atoms with Crippen LogP contribution in [0.2, 0.25) is 0 Å². The number of aryl methyl sites for hydroxylation is 1. The molecule has 0 spiro atoms. The highest BCUT2D eigenvalue weighted by atomic mass is 19.1. The predicted octanol–water partition coefficient (Wildman–Crippen LogP) is 2.82. The minimum Gasteiger partial charge on any atom is -0.494 e. The first-order chi connectivity index (χ1) is 17.3. The molecule has 2 amide bonds. The van der Waals surface area contributed by atoms with Crippen LogP contribution < -0.4 is 15.4 Å². The van der Waals surface area contributed by atoms with E-state index in [9.17, 15) is 14.0 Å². The van der Waals surface area contributed by atoms with Crippen molar-refractivity contribution in [2.45, 2.75) is 58.7 Å². The SMILES string of the molecule is COc1cc(CNC(=O)c2cc(-c3nnn(CC4CCC(NC(C)=O)CC4)n3)cc(C)n2)ccc1F. The van der Waals surface area contributed by atoms with E-state index in [2.05, 4.69) is 31.0 Å². The number of amides is 2. The van der Waals surface area contributed by atoms with Crippen LogP contribution in [-0.2, 0) is 17.9 Å². The largest absolute Gasteiger partial charge is 0.494 e. The summed E-state index contributed by atoms with van der Waals surface area (Å²) in [4.78, 5) is 30.0. The van der Waals surface area contributed by atoms with Crippen LogP contribution >= 0.6 is 0 Å². The number of hydrogen-bond donors (Lipinski definition) is 2. The Kier molecular flexibility index (Phi) is 7.87. The van der Waals surface area contributed by atoms with Crippen LogP contribution in [0.25, 0.3) is 11.4 Å². The molecular weight excluding hydrogens is 465 g/mol. The van der Waals surface area contributed by atoms with E-state index in [4.69, 9.17) is 4.74 Å². The summed E-state index contributed by atoms with van der Waals surface area (Å²) in [7, 11) is 1.39. The van der Waals surface area contributed by atoms with Crippen molar-refractivity contribution in [2.75, 3.05) is 7.11 Å². The second kappa shape index (κ2) is 11.2. The lowest BCUT2D eigenvalue weighted by molar-refractivity contribution is -0.119. The second-order valence-electron chi connectivity index (χ2n) is 9.12. The zero-order valence-corrected chi connectivity index (χ0v) is 20.6. The topological polar surface area (TPSA) is 124 Å². The Morgan fingerprint density at radius 3 is 2.67 bits per heavy atom. The number of methoxy groups -OCH3 is 1. The first-order valence-electron chi connectivity index (χ1n) is 12.0. The maximum atomic E-state index is 13.6. The van der Waals surface area contributed by atoms with Gasteiger partial charge in [-0.2, -0.15) is 4.80 Å². The molecule has 0 radical (unpaired) electrons. The quantitative estimate of drug-likeness (QED) is 0.492. The third-order valence-electron chi connectivity index (χ3n) is 6.24. The molecule has 1 saturated carbocycles. The Morgan fingerprint density at radius 1 is 1.17 bits per heavy atom. The van der Waals surface area contributed by atoms with Gasteiger partial charge in [0.05, 0.1) is 13.7 Å². The fourth-order valence-electron chi connectivity index (χ4n) is 4.44. The van der Waals surface area contributed by atoms with E-state index < -0.39 is 5.82 Å². The Bertz CT molecular complexity index is 1240. The number of pyridine rings is 1. The fourth-order valence-corrected chi connectivity index (χ4v) is 4.44. The number of rotatable bonds is 8. The molecule has 2 aromatic heterocycles. The van der Waals surface area contributed by atoms with Gasteiger partial charge in [0.2, 0.25) is 11.7 Å². The van der Waals surface area contributed by atoms with Crippen LogP contribution in [0.3, 0.4) is 0 Å². The lowest BCUT2D eigenvalue weighted by Crippen LogP contribution is -2.36. The molecule has 0 unspecified atom stereocenters. The van der Waals surface area contributed by atoms with E-state index in [1.54, 1.807) is 36.8 Å². The normalized spacial score (nSPS) is 17.4. The number of carbonyl (C=O) groups excluding carboxylic acids is 2. The first-order valence-corrected chi connectivity index (χ1v) is 12.0. The molecule has 0 saturated heterocycles.